The van der Waals surface area contributed by atoms with Crippen molar-refractivity contribution in [3.63, 3.8) is 0 Å². The highest BCUT2D eigenvalue weighted by atomic mass is 35.5. The van der Waals surface area contributed by atoms with Crippen LogP contribution < -0.4 is 5.73 Å². The minimum atomic E-state index is -0.115. The van der Waals surface area contributed by atoms with Gasteiger partial charge in [-0.05, 0) is 44.2 Å². The number of nitrogens with two attached hydrogens (primary N) is 1. The summed E-state index contributed by atoms with van der Waals surface area (Å²) in [6, 6.07) is 7.64. The Balaban J connectivity index is 0.00000261. The standard InChI is InChI=1S/C19H26ClN5O.ClH/c1-3-6-17-22-18(23-25(17)16-8-5-4-7-15(16)20)19(26)24-11-9-14(10-12-24)13(2)21;/h4-5,7-8,13-14H,3,6,9-12,21H2,1-2H3;1H. The first kappa shape index (κ1) is 21.7. The zero-order valence-electron chi connectivity index (χ0n) is 15.8. The molecule has 1 atom stereocenters. The van der Waals surface area contributed by atoms with E-state index in [1.165, 1.54) is 0 Å². The van der Waals surface area contributed by atoms with Crippen LogP contribution in [0.15, 0.2) is 24.3 Å². The van der Waals surface area contributed by atoms with Crippen molar-refractivity contribution >= 4 is 29.9 Å². The maximum absolute atomic E-state index is 12.9. The lowest BCUT2D eigenvalue weighted by Gasteiger charge is -2.33. The molecule has 148 valence electrons. The second-order valence-corrected chi connectivity index (χ2v) is 7.36. The first-order valence-corrected chi connectivity index (χ1v) is 9.64. The maximum Gasteiger partial charge on any atom is 0.293 e. The van der Waals surface area contributed by atoms with E-state index >= 15 is 0 Å². The van der Waals surface area contributed by atoms with Crippen molar-refractivity contribution in [1.29, 1.82) is 0 Å². The molecule has 1 amide bonds. The zero-order valence-corrected chi connectivity index (χ0v) is 17.3. The summed E-state index contributed by atoms with van der Waals surface area (Å²) in [5.41, 5.74) is 6.74. The third-order valence-corrected chi connectivity index (χ3v) is 5.31. The van der Waals surface area contributed by atoms with Gasteiger partial charge >= 0.3 is 0 Å². The van der Waals surface area contributed by atoms with E-state index in [1.54, 1.807) is 4.68 Å². The molecule has 1 fully saturated rings. The number of carbonyl (C=O) groups excluding carboxylic acids is 1. The number of halogens is 2. The Kier molecular flexibility index (Phi) is 7.65. The van der Waals surface area contributed by atoms with Gasteiger partial charge in [-0.25, -0.2) is 9.67 Å². The number of rotatable bonds is 5. The van der Waals surface area contributed by atoms with Gasteiger partial charge in [0.2, 0.25) is 5.82 Å². The molecule has 2 aromatic rings. The fourth-order valence-electron chi connectivity index (χ4n) is 3.41. The molecule has 6 nitrogen and oxygen atoms in total. The maximum atomic E-state index is 12.9. The Bertz CT molecular complexity index is 769. The van der Waals surface area contributed by atoms with Crippen molar-refractivity contribution in [2.24, 2.45) is 11.7 Å². The van der Waals surface area contributed by atoms with Crippen molar-refractivity contribution in [3.05, 3.63) is 40.9 Å². The average Bonchev–Trinajstić information content (AvgIpc) is 3.05. The number of aromatic nitrogens is 3. The Morgan fingerprint density at radius 3 is 2.59 bits per heavy atom. The predicted octanol–water partition coefficient (Wildman–Crippen LogP) is 3.49. The smallest absolute Gasteiger partial charge is 0.293 e. The molecule has 1 saturated heterocycles. The lowest BCUT2D eigenvalue weighted by Crippen LogP contribution is -2.42. The van der Waals surface area contributed by atoms with Crippen molar-refractivity contribution in [2.75, 3.05) is 13.1 Å². The SMILES string of the molecule is CCCc1nc(C(=O)N2CCC(C(C)N)CC2)nn1-c1ccccc1Cl.Cl. The number of amides is 1. The number of likely N-dealkylation sites (tertiary alicyclic amines) is 1. The van der Waals surface area contributed by atoms with Crippen LogP contribution >= 0.6 is 24.0 Å². The molecule has 2 heterocycles. The van der Waals surface area contributed by atoms with Crippen LogP contribution in [0, 0.1) is 5.92 Å². The molecule has 1 aliphatic rings. The summed E-state index contributed by atoms with van der Waals surface area (Å²) in [5.74, 6) is 1.36. The minimum Gasteiger partial charge on any atom is -0.336 e. The van der Waals surface area contributed by atoms with Gasteiger partial charge in [0.15, 0.2) is 0 Å². The summed E-state index contributed by atoms with van der Waals surface area (Å²) in [6.07, 6.45) is 3.50. The van der Waals surface area contributed by atoms with Crippen molar-refractivity contribution < 1.29 is 4.79 Å². The fraction of sp³-hybridized carbons (Fsp3) is 0.526. The highest BCUT2D eigenvalue weighted by Crippen LogP contribution is 2.23. The van der Waals surface area contributed by atoms with Crippen LogP contribution in [0.3, 0.4) is 0 Å². The summed E-state index contributed by atoms with van der Waals surface area (Å²) in [7, 11) is 0. The van der Waals surface area contributed by atoms with Crippen molar-refractivity contribution in [2.45, 2.75) is 45.6 Å². The molecule has 27 heavy (non-hydrogen) atoms. The molecular formula is C19H27Cl2N5O. The molecule has 0 saturated carbocycles. The fourth-order valence-corrected chi connectivity index (χ4v) is 3.62. The van der Waals surface area contributed by atoms with E-state index in [4.69, 9.17) is 17.3 Å². The van der Waals surface area contributed by atoms with E-state index in [9.17, 15) is 4.79 Å². The highest BCUT2D eigenvalue weighted by Gasteiger charge is 2.28. The Morgan fingerprint density at radius 1 is 1.33 bits per heavy atom. The Hall–Kier alpha value is -1.63. The third kappa shape index (κ3) is 4.81. The van der Waals surface area contributed by atoms with Gasteiger partial charge in [0.1, 0.15) is 5.82 Å². The number of carbonyl (C=O) groups is 1. The molecule has 1 aromatic heterocycles. The quantitative estimate of drug-likeness (QED) is 0.816. The third-order valence-electron chi connectivity index (χ3n) is 4.99. The highest BCUT2D eigenvalue weighted by molar-refractivity contribution is 6.32. The summed E-state index contributed by atoms with van der Waals surface area (Å²) in [4.78, 5) is 19.2. The van der Waals surface area contributed by atoms with Gasteiger partial charge in [-0.3, -0.25) is 4.79 Å². The van der Waals surface area contributed by atoms with E-state index in [0.717, 1.165) is 37.2 Å². The molecule has 0 aliphatic carbocycles. The number of hydrogen-bond acceptors (Lipinski definition) is 4. The van der Waals surface area contributed by atoms with Gasteiger partial charge in [0, 0.05) is 25.6 Å². The molecule has 8 heteroatoms. The molecule has 1 aromatic carbocycles. The van der Waals surface area contributed by atoms with Gasteiger partial charge in [-0.2, -0.15) is 0 Å². The van der Waals surface area contributed by atoms with E-state index in [-0.39, 0.29) is 30.2 Å². The first-order chi connectivity index (χ1) is 12.5. The molecule has 0 spiro atoms. The number of hydrogen-bond donors (Lipinski definition) is 1. The predicted molar refractivity (Wildman–Crippen MR) is 110 cm³/mol. The Morgan fingerprint density at radius 2 is 2.00 bits per heavy atom. The van der Waals surface area contributed by atoms with Crippen LogP contribution in [-0.4, -0.2) is 44.7 Å². The van der Waals surface area contributed by atoms with Crippen LogP contribution in [-0.2, 0) is 6.42 Å². The van der Waals surface area contributed by atoms with Crippen LogP contribution in [0.25, 0.3) is 5.69 Å². The summed E-state index contributed by atoms with van der Waals surface area (Å²) in [5, 5.41) is 5.08. The molecule has 0 bridgehead atoms. The van der Waals surface area contributed by atoms with Gasteiger partial charge in [0.25, 0.3) is 5.91 Å². The van der Waals surface area contributed by atoms with E-state index in [2.05, 4.69) is 17.0 Å². The van der Waals surface area contributed by atoms with Crippen LogP contribution in [0.4, 0.5) is 0 Å². The van der Waals surface area contributed by atoms with Crippen molar-refractivity contribution in [3.8, 4) is 5.69 Å². The normalized spacial score (nSPS) is 16.1. The van der Waals surface area contributed by atoms with Crippen LogP contribution in [0.5, 0.6) is 0 Å². The molecular weight excluding hydrogens is 385 g/mol. The largest absolute Gasteiger partial charge is 0.336 e. The number of para-hydroxylation sites is 1. The van der Waals surface area contributed by atoms with E-state index < -0.39 is 0 Å². The minimum absolute atomic E-state index is 0. The Labute approximate surface area is 171 Å². The molecule has 0 radical (unpaired) electrons. The van der Waals surface area contributed by atoms with Crippen LogP contribution in [0.1, 0.15) is 49.6 Å². The lowest BCUT2D eigenvalue weighted by molar-refractivity contribution is 0.0668. The monoisotopic (exact) mass is 411 g/mol. The number of benzene rings is 1. The van der Waals surface area contributed by atoms with Gasteiger partial charge < -0.3 is 10.6 Å². The number of aryl methyl sites for hydroxylation is 1. The lowest BCUT2D eigenvalue weighted by atomic mass is 9.91. The second kappa shape index (κ2) is 9.53. The van der Waals surface area contributed by atoms with E-state index in [0.29, 0.717) is 24.0 Å². The zero-order chi connectivity index (χ0) is 18.7. The molecule has 3 rings (SSSR count). The second-order valence-electron chi connectivity index (χ2n) is 6.95. The first-order valence-electron chi connectivity index (χ1n) is 9.27. The summed E-state index contributed by atoms with van der Waals surface area (Å²) in [6.45, 7) is 5.52. The summed E-state index contributed by atoms with van der Waals surface area (Å²) < 4.78 is 1.70. The molecule has 2 N–H and O–H groups in total. The van der Waals surface area contributed by atoms with Gasteiger partial charge in [0.05, 0.1) is 10.7 Å². The molecule has 1 unspecified atom stereocenters. The summed E-state index contributed by atoms with van der Waals surface area (Å²) >= 11 is 6.32. The topological polar surface area (TPSA) is 77.0 Å². The van der Waals surface area contributed by atoms with Gasteiger partial charge in [-0.15, -0.1) is 17.5 Å². The van der Waals surface area contributed by atoms with E-state index in [1.807, 2.05) is 36.1 Å². The molecule has 1 aliphatic heterocycles. The van der Waals surface area contributed by atoms with Crippen LogP contribution in [0.2, 0.25) is 5.02 Å². The average molecular weight is 412 g/mol. The van der Waals surface area contributed by atoms with Crippen molar-refractivity contribution in [1.82, 2.24) is 19.7 Å². The number of nitrogens with zero attached hydrogens (tertiary/aromatic N) is 4. The number of piperidine rings is 1. The van der Waals surface area contributed by atoms with Gasteiger partial charge in [-0.1, -0.05) is 30.7 Å².